The van der Waals surface area contributed by atoms with Gasteiger partial charge in [0.25, 0.3) is 0 Å². The quantitative estimate of drug-likeness (QED) is 0.0374. The number of esters is 2. The SMILES string of the molecule is CC/C=C\C/C=C\C/C=C\CCCCCC(=O)OC(CO)COC(=O)CCCCCCCCCCCCCCCCCCCCCCCCCCCCCCCCCCCCCCCCC. The second-order valence-electron chi connectivity index (χ2n) is 20.1. The Morgan fingerprint density at radius 3 is 0.985 bits per heavy atom. The maximum Gasteiger partial charge on any atom is 0.306 e. The Bertz CT molecular complexity index is 1050. The van der Waals surface area contributed by atoms with Crippen LogP contribution in [0.15, 0.2) is 36.5 Å². The van der Waals surface area contributed by atoms with Crippen LogP contribution < -0.4 is 0 Å². The number of allylic oxidation sites excluding steroid dienone is 6. The van der Waals surface area contributed by atoms with E-state index in [9.17, 15) is 14.7 Å². The Hall–Kier alpha value is -1.88. The third kappa shape index (κ3) is 54.7. The van der Waals surface area contributed by atoms with Crippen molar-refractivity contribution in [2.45, 2.75) is 328 Å². The second-order valence-corrected chi connectivity index (χ2v) is 20.1. The van der Waals surface area contributed by atoms with E-state index >= 15 is 0 Å². The number of rotatable bonds is 55. The first-order valence-corrected chi connectivity index (χ1v) is 29.5. The van der Waals surface area contributed by atoms with Gasteiger partial charge in [0.15, 0.2) is 6.10 Å². The van der Waals surface area contributed by atoms with Gasteiger partial charge in [-0.3, -0.25) is 9.59 Å². The normalized spacial score (nSPS) is 12.3. The Balaban J connectivity index is 3.33. The molecule has 0 heterocycles. The Morgan fingerprint density at radius 2 is 0.652 bits per heavy atom. The predicted octanol–water partition coefficient (Wildman–Crippen LogP) is 19.9. The van der Waals surface area contributed by atoms with Crippen molar-refractivity contribution in [3.63, 3.8) is 0 Å². The van der Waals surface area contributed by atoms with Crippen molar-refractivity contribution in [3.05, 3.63) is 36.5 Å². The van der Waals surface area contributed by atoms with E-state index in [0.29, 0.717) is 12.8 Å². The van der Waals surface area contributed by atoms with Gasteiger partial charge in [-0.05, 0) is 44.9 Å². The first-order valence-electron chi connectivity index (χ1n) is 29.5. The third-order valence-corrected chi connectivity index (χ3v) is 13.4. The molecule has 0 aliphatic rings. The van der Waals surface area contributed by atoms with E-state index in [1.165, 1.54) is 231 Å². The van der Waals surface area contributed by atoms with E-state index in [1.54, 1.807) is 0 Å². The molecule has 0 fully saturated rings. The maximum absolute atomic E-state index is 12.2. The molecule has 1 unspecified atom stereocenters. The van der Waals surface area contributed by atoms with Crippen molar-refractivity contribution in [1.82, 2.24) is 0 Å². The molecule has 0 spiro atoms. The molecule has 388 valence electrons. The molecular formula is C61H114O5. The van der Waals surface area contributed by atoms with Crippen LogP contribution in [0, 0.1) is 0 Å². The zero-order valence-corrected chi connectivity index (χ0v) is 44.5. The molecule has 0 saturated carbocycles. The molecule has 5 heteroatoms. The number of hydrogen-bond acceptors (Lipinski definition) is 5. The summed E-state index contributed by atoms with van der Waals surface area (Å²) in [4.78, 5) is 24.4. The van der Waals surface area contributed by atoms with Gasteiger partial charge in [0, 0.05) is 12.8 Å². The average molecular weight is 928 g/mol. The summed E-state index contributed by atoms with van der Waals surface area (Å²) in [5.74, 6) is -0.613. The highest BCUT2D eigenvalue weighted by Crippen LogP contribution is 2.18. The fourth-order valence-corrected chi connectivity index (χ4v) is 9.05. The number of hydrogen-bond donors (Lipinski definition) is 1. The lowest BCUT2D eigenvalue weighted by Crippen LogP contribution is -2.28. The first-order chi connectivity index (χ1) is 32.6. The molecule has 0 aromatic rings. The molecule has 66 heavy (non-hydrogen) atoms. The molecular weight excluding hydrogens is 813 g/mol. The zero-order valence-electron chi connectivity index (χ0n) is 44.5. The van der Waals surface area contributed by atoms with Crippen LogP contribution in [0.25, 0.3) is 0 Å². The van der Waals surface area contributed by atoms with Crippen LogP contribution in [0.5, 0.6) is 0 Å². The molecule has 0 rings (SSSR count). The number of unbranched alkanes of at least 4 members (excludes halogenated alkanes) is 41. The molecule has 0 amide bonds. The van der Waals surface area contributed by atoms with Crippen molar-refractivity contribution in [2.24, 2.45) is 0 Å². The van der Waals surface area contributed by atoms with Crippen LogP contribution in [0.3, 0.4) is 0 Å². The Labute approximate surface area is 412 Å². The molecule has 0 aromatic heterocycles. The molecule has 5 nitrogen and oxygen atoms in total. The monoisotopic (exact) mass is 927 g/mol. The molecule has 0 radical (unpaired) electrons. The van der Waals surface area contributed by atoms with Gasteiger partial charge in [-0.1, -0.05) is 301 Å². The summed E-state index contributed by atoms with van der Waals surface area (Å²) < 4.78 is 10.6. The van der Waals surface area contributed by atoms with Crippen molar-refractivity contribution in [3.8, 4) is 0 Å². The highest BCUT2D eigenvalue weighted by atomic mass is 16.6. The first kappa shape index (κ1) is 64.1. The lowest BCUT2D eigenvalue weighted by Gasteiger charge is -2.15. The average Bonchev–Trinajstić information content (AvgIpc) is 3.32. The van der Waals surface area contributed by atoms with Crippen LogP contribution in [0.2, 0.25) is 0 Å². The van der Waals surface area contributed by atoms with E-state index in [1.807, 2.05) is 0 Å². The fourth-order valence-electron chi connectivity index (χ4n) is 9.05. The summed E-state index contributed by atoms with van der Waals surface area (Å²) >= 11 is 0. The number of aliphatic hydroxyl groups excluding tert-OH is 1. The topological polar surface area (TPSA) is 72.8 Å². The summed E-state index contributed by atoms with van der Waals surface area (Å²) in [6.07, 6.45) is 74.6. The number of ether oxygens (including phenoxy) is 2. The zero-order chi connectivity index (χ0) is 47.7. The van der Waals surface area contributed by atoms with Crippen LogP contribution in [-0.4, -0.2) is 36.4 Å². The van der Waals surface area contributed by atoms with Crippen molar-refractivity contribution in [1.29, 1.82) is 0 Å². The largest absolute Gasteiger partial charge is 0.462 e. The van der Waals surface area contributed by atoms with Crippen molar-refractivity contribution < 1.29 is 24.2 Å². The molecule has 1 atom stereocenters. The van der Waals surface area contributed by atoms with Gasteiger partial charge in [-0.15, -0.1) is 0 Å². The van der Waals surface area contributed by atoms with E-state index in [-0.39, 0.29) is 25.2 Å². The highest BCUT2D eigenvalue weighted by Gasteiger charge is 2.16. The summed E-state index contributed by atoms with van der Waals surface area (Å²) in [6, 6.07) is 0. The van der Waals surface area contributed by atoms with Gasteiger partial charge in [-0.25, -0.2) is 0 Å². The van der Waals surface area contributed by atoms with Gasteiger partial charge in [0.2, 0.25) is 0 Å². The van der Waals surface area contributed by atoms with E-state index in [4.69, 9.17) is 9.47 Å². The minimum Gasteiger partial charge on any atom is -0.462 e. The van der Waals surface area contributed by atoms with Crippen LogP contribution >= 0.6 is 0 Å². The maximum atomic E-state index is 12.2. The third-order valence-electron chi connectivity index (χ3n) is 13.4. The van der Waals surface area contributed by atoms with Gasteiger partial charge in [0.05, 0.1) is 6.61 Å². The van der Waals surface area contributed by atoms with Gasteiger partial charge in [0.1, 0.15) is 6.61 Å². The standard InChI is InChI=1S/C61H114O5/c1-3-5-7-9-11-13-15-17-18-19-20-21-22-23-24-25-26-27-28-29-30-31-32-33-34-35-36-37-38-39-40-41-42-44-45-47-49-51-53-55-60(63)65-58-59(57-62)66-61(64)56-54-52-50-48-46-43-16-14-12-10-8-6-4-2/h6,8,12,14,43,46,59,62H,3-5,7,9-11,13,15-42,44-45,47-58H2,1-2H3/b8-6-,14-12-,46-43-. The van der Waals surface area contributed by atoms with Crippen LogP contribution in [-0.2, 0) is 19.1 Å². The minimum atomic E-state index is -0.785. The molecule has 0 saturated heterocycles. The fraction of sp³-hybridized carbons (Fsp3) is 0.869. The summed E-state index contributed by atoms with van der Waals surface area (Å²) in [5.41, 5.74) is 0. The van der Waals surface area contributed by atoms with E-state index in [2.05, 4.69) is 50.3 Å². The number of carbonyl (C=O) groups is 2. The van der Waals surface area contributed by atoms with Crippen LogP contribution in [0.1, 0.15) is 322 Å². The summed E-state index contributed by atoms with van der Waals surface area (Å²) in [7, 11) is 0. The molecule has 0 aromatic carbocycles. The Kier molecular flexibility index (Phi) is 55.8. The van der Waals surface area contributed by atoms with Gasteiger partial charge >= 0.3 is 11.9 Å². The minimum absolute atomic E-state index is 0.0745. The van der Waals surface area contributed by atoms with Crippen molar-refractivity contribution >= 4 is 11.9 Å². The predicted molar refractivity (Wildman–Crippen MR) is 288 cm³/mol. The number of carbonyl (C=O) groups excluding carboxylic acids is 2. The highest BCUT2D eigenvalue weighted by molar-refractivity contribution is 5.70. The summed E-state index contributed by atoms with van der Waals surface area (Å²) in [5, 5.41) is 9.60. The van der Waals surface area contributed by atoms with E-state index < -0.39 is 6.10 Å². The van der Waals surface area contributed by atoms with E-state index in [0.717, 1.165) is 64.2 Å². The molecule has 1 N–H and O–H groups in total. The molecule has 0 bridgehead atoms. The lowest BCUT2D eigenvalue weighted by atomic mass is 10.0. The lowest BCUT2D eigenvalue weighted by molar-refractivity contribution is -0.161. The van der Waals surface area contributed by atoms with Crippen molar-refractivity contribution in [2.75, 3.05) is 13.2 Å². The molecule has 0 aliphatic heterocycles. The van der Waals surface area contributed by atoms with Crippen LogP contribution in [0.4, 0.5) is 0 Å². The smallest absolute Gasteiger partial charge is 0.306 e. The number of aliphatic hydroxyl groups is 1. The second kappa shape index (κ2) is 57.4. The Morgan fingerprint density at radius 1 is 0.364 bits per heavy atom. The summed E-state index contributed by atoms with van der Waals surface area (Å²) in [6.45, 7) is 4.03. The van der Waals surface area contributed by atoms with Gasteiger partial charge < -0.3 is 14.6 Å². The van der Waals surface area contributed by atoms with Gasteiger partial charge in [-0.2, -0.15) is 0 Å². The molecule has 0 aliphatic carbocycles.